The van der Waals surface area contributed by atoms with E-state index in [2.05, 4.69) is 14.7 Å². The standard InChI is InChI=1S/C18H15N3O4S3/c1-10-7-12(27-18-19-11(2)9-26-18)3-5-14(10)21-28(23,24)13-4-6-15-16(8-13)25-17(22)20-15/h3-9,21H,1-2H3,(H,20,22). The van der Waals surface area contributed by atoms with Gasteiger partial charge in [0.25, 0.3) is 10.0 Å². The summed E-state index contributed by atoms with van der Waals surface area (Å²) in [7, 11) is -3.83. The lowest BCUT2D eigenvalue weighted by Gasteiger charge is -2.11. The fraction of sp³-hybridized carbons (Fsp3) is 0.111. The molecule has 0 spiro atoms. The van der Waals surface area contributed by atoms with Gasteiger partial charge in [0.15, 0.2) is 9.92 Å². The zero-order chi connectivity index (χ0) is 19.9. The summed E-state index contributed by atoms with van der Waals surface area (Å²) in [5.74, 6) is -0.628. The minimum atomic E-state index is -3.83. The SMILES string of the molecule is Cc1csc(Sc2ccc(NS(=O)(=O)c3ccc4[nH]c(=O)oc4c3)c(C)c2)n1. The van der Waals surface area contributed by atoms with Gasteiger partial charge in [-0.1, -0.05) is 11.8 Å². The maximum Gasteiger partial charge on any atom is 0.417 e. The van der Waals surface area contributed by atoms with Crippen LogP contribution in [0.25, 0.3) is 11.1 Å². The van der Waals surface area contributed by atoms with E-state index in [1.165, 1.54) is 30.0 Å². The second-order valence-electron chi connectivity index (χ2n) is 6.11. The number of aromatic amines is 1. The Labute approximate surface area is 168 Å². The zero-order valence-electron chi connectivity index (χ0n) is 14.8. The molecule has 10 heteroatoms. The van der Waals surface area contributed by atoms with Crippen LogP contribution in [-0.2, 0) is 10.0 Å². The summed E-state index contributed by atoms with van der Waals surface area (Å²) in [5.41, 5.74) is 2.88. The Balaban J connectivity index is 1.58. The predicted molar refractivity (Wildman–Crippen MR) is 110 cm³/mol. The van der Waals surface area contributed by atoms with Crippen LogP contribution in [0.2, 0.25) is 0 Å². The number of anilines is 1. The number of aromatic nitrogens is 2. The lowest BCUT2D eigenvalue weighted by Crippen LogP contribution is -2.13. The van der Waals surface area contributed by atoms with E-state index in [9.17, 15) is 13.2 Å². The minimum Gasteiger partial charge on any atom is -0.408 e. The van der Waals surface area contributed by atoms with Crippen molar-refractivity contribution < 1.29 is 12.8 Å². The van der Waals surface area contributed by atoms with Gasteiger partial charge in [0.2, 0.25) is 0 Å². The fourth-order valence-corrected chi connectivity index (χ4v) is 5.65. The van der Waals surface area contributed by atoms with Crippen LogP contribution in [0, 0.1) is 13.8 Å². The smallest absolute Gasteiger partial charge is 0.408 e. The van der Waals surface area contributed by atoms with Gasteiger partial charge in [-0.05, 0) is 49.7 Å². The van der Waals surface area contributed by atoms with Crippen molar-refractivity contribution in [2.24, 2.45) is 0 Å². The largest absolute Gasteiger partial charge is 0.417 e. The molecule has 2 aromatic carbocycles. The van der Waals surface area contributed by atoms with E-state index in [1.54, 1.807) is 17.4 Å². The molecule has 0 aliphatic carbocycles. The first-order valence-electron chi connectivity index (χ1n) is 8.16. The van der Waals surface area contributed by atoms with Crippen LogP contribution >= 0.6 is 23.1 Å². The number of aryl methyl sites for hydroxylation is 2. The van der Waals surface area contributed by atoms with Crippen LogP contribution < -0.4 is 10.5 Å². The second kappa shape index (κ2) is 7.12. The monoisotopic (exact) mass is 433 g/mol. The van der Waals surface area contributed by atoms with Gasteiger partial charge in [-0.2, -0.15) is 0 Å². The first-order chi connectivity index (χ1) is 13.3. The maximum absolute atomic E-state index is 12.7. The van der Waals surface area contributed by atoms with Gasteiger partial charge >= 0.3 is 5.76 Å². The molecule has 28 heavy (non-hydrogen) atoms. The second-order valence-corrected chi connectivity index (χ2v) is 9.97. The number of thiazole rings is 1. The Kier molecular flexibility index (Phi) is 4.77. The number of oxazole rings is 1. The number of hydrogen-bond acceptors (Lipinski definition) is 7. The molecule has 2 N–H and O–H groups in total. The van der Waals surface area contributed by atoms with Gasteiger partial charge < -0.3 is 4.42 Å². The van der Waals surface area contributed by atoms with Crippen molar-refractivity contribution in [1.29, 1.82) is 0 Å². The van der Waals surface area contributed by atoms with E-state index in [1.807, 2.05) is 31.4 Å². The Morgan fingerprint density at radius 1 is 1.18 bits per heavy atom. The van der Waals surface area contributed by atoms with Crippen molar-refractivity contribution >= 4 is 49.9 Å². The third-order valence-corrected chi connectivity index (χ3v) is 7.36. The van der Waals surface area contributed by atoms with E-state index in [-0.39, 0.29) is 10.5 Å². The highest BCUT2D eigenvalue weighted by Crippen LogP contribution is 2.33. The van der Waals surface area contributed by atoms with E-state index in [0.717, 1.165) is 20.5 Å². The number of H-pyrrole nitrogens is 1. The molecule has 0 saturated carbocycles. The molecule has 4 aromatic rings. The van der Waals surface area contributed by atoms with Gasteiger partial charge in [0.05, 0.1) is 16.1 Å². The van der Waals surface area contributed by atoms with Gasteiger partial charge in [0.1, 0.15) is 0 Å². The Morgan fingerprint density at radius 3 is 2.71 bits per heavy atom. The Bertz CT molecular complexity index is 1340. The number of hydrogen-bond donors (Lipinski definition) is 2. The topological polar surface area (TPSA) is 105 Å². The summed E-state index contributed by atoms with van der Waals surface area (Å²) < 4.78 is 33.9. The molecule has 0 aliphatic heterocycles. The van der Waals surface area contributed by atoms with Crippen LogP contribution in [-0.4, -0.2) is 18.4 Å². The molecule has 0 saturated heterocycles. The molecule has 0 amide bonds. The Hall–Kier alpha value is -2.56. The number of rotatable bonds is 5. The lowest BCUT2D eigenvalue weighted by atomic mass is 10.2. The first-order valence-corrected chi connectivity index (χ1v) is 11.3. The van der Waals surface area contributed by atoms with E-state index in [4.69, 9.17) is 4.42 Å². The van der Waals surface area contributed by atoms with E-state index in [0.29, 0.717) is 11.2 Å². The van der Waals surface area contributed by atoms with Crippen LogP contribution in [0.3, 0.4) is 0 Å². The van der Waals surface area contributed by atoms with Gasteiger partial charge in [0, 0.05) is 22.0 Å². The summed E-state index contributed by atoms with van der Waals surface area (Å²) in [6.45, 7) is 3.78. The number of sulfonamides is 1. The maximum atomic E-state index is 12.7. The number of nitrogens with one attached hydrogen (secondary N) is 2. The molecular formula is C18H15N3O4S3. The molecule has 0 unspecified atom stereocenters. The van der Waals surface area contributed by atoms with E-state index < -0.39 is 15.8 Å². The normalized spacial score (nSPS) is 11.8. The highest BCUT2D eigenvalue weighted by atomic mass is 32.2. The summed E-state index contributed by atoms with van der Waals surface area (Å²) >= 11 is 3.11. The number of fused-ring (bicyclic) bond motifs is 1. The molecule has 2 aromatic heterocycles. The van der Waals surface area contributed by atoms with Gasteiger partial charge in [-0.25, -0.2) is 18.2 Å². The quantitative estimate of drug-likeness (QED) is 0.490. The highest BCUT2D eigenvalue weighted by molar-refractivity contribution is 8.01. The summed E-state index contributed by atoms with van der Waals surface area (Å²) in [6, 6.07) is 9.72. The molecular weight excluding hydrogens is 418 g/mol. The highest BCUT2D eigenvalue weighted by Gasteiger charge is 2.17. The molecule has 7 nitrogen and oxygen atoms in total. The summed E-state index contributed by atoms with van der Waals surface area (Å²) in [4.78, 5) is 19.1. The van der Waals surface area contributed by atoms with Crippen molar-refractivity contribution in [3.05, 3.63) is 63.6 Å². The summed E-state index contributed by atoms with van der Waals surface area (Å²) in [5, 5.41) is 1.99. The average Bonchev–Trinajstić information content (AvgIpc) is 3.20. The fourth-order valence-electron chi connectivity index (χ4n) is 2.59. The van der Waals surface area contributed by atoms with Crippen LogP contribution in [0.5, 0.6) is 0 Å². The van der Waals surface area contributed by atoms with Crippen molar-refractivity contribution in [2.75, 3.05) is 4.72 Å². The van der Waals surface area contributed by atoms with Gasteiger partial charge in [-0.15, -0.1) is 11.3 Å². The first kappa shape index (κ1) is 18.8. The van der Waals surface area contributed by atoms with Crippen molar-refractivity contribution in [2.45, 2.75) is 28.0 Å². The molecule has 4 rings (SSSR count). The molecule has 0 fully saturated rings. The average molecular weight is 434 g/mol. The molecule has 0 atom stereocenters. The van der Waals surface area contributed by atoms with Crippen LogP contribution in [0.4, 0.5) is 5.69 Å². The Morgan fingerprint density at radius 2 is 2.00 bits per heavy atom. The van der Waals surface area contributed by atoms with Crippen molar-refractivity contribution in [1.82, 2.24) is 9.97 Å². The van der Waals surface area contributed by atoms with E-state index >= 15 is 0 Å². The summed E-state index contributed by atoms with van der Waals surface area (Å²) in [6.07, 6.45) is 0. The molecule has 0 aliphatic rings. The van der Waals surface area contributed by atoms with Crippen LogP contribution in [0.1, 0.15) is 11.3 Å². The van der Waals surface area contributed by atoms with Gasteiger partial charge in [-0.3, -0.25) is 9.71 Å². The third-order valence-electron chi connectivity index (χ3n) is 3.95. The minimum absolute atomic E-state index is 0.0128. The lowest BCUT2D eigenvalue weighted by molar-refractivity contribution is 0.554. The number of benzene rings is 2. The molecule has 144 valence electrons. The molecule has 0 radical (unpaired) electrons. The van der Waals surface area contributed by atoms with Crippen LogP contribution in [0.15, 0.2) is 65.1 Å². The van der Waals surface area contributed by atoms with Crippen molar-refractivity contribution in [3.8, 4) is 0 Å². The third kappa shape index (κ3) is 3.84. The number of nitrogens with zero attached hydrogens (tertiary/aromatic N) is 1. The molecule has 0 bridgehead atoms. The zero-order valence-corrected chi connectivity index (χ0v) is 17.3. The van der Waals surface area contributed by atoms with Crippen molar-refractivity contribution in [3.63, 3.8) is 0 Å². The molecule has 2 heterocycles. The predicted octanol–water partition coefficient (Wildman–Crippen LogP) is 4.15.